The molecule has 1 amide bonds. The van der Waals surface area contributed by atoms with Gasteiger partial charge in [0.25, 0.3) is 5.91 Å². The van der Waals surface area contributed by atoms with E-state index in [0.717, 1.165) is 5.03 Å². The number of pyridine rings is 1. The Hall–Kier alpha value is -2.32. The maximum atomic E-state index is 13.2. The van der Waals surface area contributed by atoms with E-state index < -0.39 is 0 Å². The Morgan fingerprint density at radius 1 is 1.04 bits per heavy atom. The zero-order valence-electron chi connectivity index (χ0n) is 13.6. The van der Waals surface area contributed by atoms with Gasteiger partial charge >= 0.3 is 0 Å². The maximum Gasteiger partial charge on any atom is 0.274 e. The van der Waals surface area contributed by atoms with Crippen LogP contribution in [0.3, 0.4) is 0 Å². The molecule has 0 saturated heterocycles. The Bertz CT molecular complexity index is 879. The van der Waals surface area contributed by atoms with Gasteiger partial charge in [-0.1, -0.05) is 11.8 Å². The molecular weight excluding hydrogens is 359 g/mol. The lowest BCUT2D eigenvalue weighted by Crippen LogP contribution is -2.16. The Kier molecular flexibility index (Phi) is 5.40. The predicted octanol–water partition coefficient (Wildman–Crippen LogP) is 4.10. The van der Waals surface area contributed by atoms with Crippen LogP contribution < -0.4 is 5.32 Å². The molecule has 0 bridgehead atoms. The van der Waals surface area contributed by atoms with Crippen molar-refractivity contribution in [2.45, 2.75) is 10.2 Å². The number of hydrogen-bond acceptors (Lipinski definition) is 5. The summed E-state index contributed by atoms with van der Waals surface area (Å²) in [5.41, 5.74) is 1.63. The third kappa shape index (κ3) is 3.85. The monoisotopic (exact) mass is 374 g/mol. The van der Waals surface area contributed by atoms with Crippen LogP contribution >= 0.6 is 23.5 Å². The van der Waals surface area contributed by atoms with E-state index in [1.165, 1.54) is 41.9 Å². The molecule has 25 heavy (non-hydrogen) atoms. The highest BCUT2D eigenvalue weighted by Crippen LogP contribution is 2.23. The van der Waals surface area contributed by atoms with Gasteiger partial charge < -0.3 is 5.32 Å². The molecule has 0 saturated carbocycles. The molecule has 3 rings (SSSR count). The number of amides is 1. The quantitative estimate of drug-likeness (QED) is 0.681. The highest BCUT2D eigenvalue weighted by Gasteiger charge is 2.18. The molecule has 0 fully saturated rings. The minimum atomic E-state index is -0.333. The van der Waals surface area contributed by atoms with Crippen molar-refractivity contribution in [3.63, 3.8) is 0 Å². The van der Waals surface area contributed by atoms with Crippen molar-refractivity contribution in [2.75, 3.05) is 17.8 Å². The Morgan fingerprint density at radius 3 is 2.40 bits per heavy atom. The molecule has 1 N–H and O–H groups in total. The first-order valence-corrected chi connectivity index (χ1v) is 9.76. The Morgan fingerprint density at radius 2 is 1.80 bits per heavy atom. The molecule has 3 aromatic rings. The average Bonchev–Trinajstić information content (AvgIpc) is 3.07. The smallest absolute Gasteiger partial charge is 0.274 e. The summed E-state index contributed by atoms with van der Waals surface area (Å²) in [6, 6.07) is 9.57. The molecule has 0 aliphatic heterocycles. The van der Waals surface area contributed by atoms with Gasteiger partial charge in [0.15, 0.2) is 5.16 Å². The number of hydrogen-bond donors (Lipinski definition) is 1. The van der Waals surface area contributed by atoms with Gasteiger partial charge in [0.05, 0.1) is 23.1 Å². The maximum absolute atomic E-state index is 13.2. The normalized spacial score (nSPS) is 10.7. The number of nitrogens with one attached hydrogen (secondary N) is 1. The zero-order chi connectivity index (χ0) is 17.8. The number of nitrogens with zero attached hydrogens (tertiary/aromatic N) is 3. The van der Waals surface area contributed by atoms with E-state index in [4.69, 9.17) is 0 Å². The number of benzene rings is 1. The van der Waals surface area contributed by atoms with Crippen LogP contribution in [0.15, 0.2) is 59.0 Å². The first-order valence-electron chi connectivity index (χ1n) is 7.31. The third-order valence-corrected chi connectivity index (χ3v) is 4.75. The fraction of sp³-hybridized carbons (Fsp3) is 0.118. The van der Waals surface area contributed by atoms with E-state index in [1.54, 1.807) is 29.0 Å². The molecule has 2 aromatic heterocycles. The Balaban J connectivity index is 1.92. The summed E-state index contributed by atoms with van der Waals surface area (Å²) in [4.78, 5) is 21.2. The number of carbonyl (C=O) groups excluding carboxylic acids is 1. The van der Waals surface area contributed by atoms with Gasteiger partial charge in [-0.15, -0.1) is 11.8 Å². The largest absolute Gasteiger partial charge is 0.319 e. The van der Waals surface area contributed by atoms with E-state index in [2.05, 4.69) is 15.3 Å². The zero-order valence-corrected chi connectivity index (χ0v) is 15.2. The second-order valence-corrected chi connectivity index (χ2v) is 6.59. The summed E-state index contributed by atoms with van der Waals surface area (Å²) >= 11 is 2.94. The fourth-order valence-electron chi connectivity index (χ4n) is 2.25. The lowest BCUT2D eigenvalue weighted by molar-refractivity contribution is 0.102. The van der Waals surface area contributed by atoms with Gasteiger partial charge in [-0.25, -0.2) is 14.4 Å². The van der Waals surface area contributed by atoms with Gasteiger partial charge in [-0.2, -0.15) is 0 Å². The van der Waals surface area contributed by atoms with E-state index in [0.29, 0.717) is 22.2 Å². The molecule has 0 atom stereocenters. The molecule has 0 spiro atoms. The van der Waals surface area contributed by atoms with E-state index >= 15 is 0 Å². The molecule has 0 unspecified atom stereocenters. The molecule has 0 radical (unpaired) electrons. The number of halogens is 1. The van der Waals surface area contributed by atoms with Crippen molar-refractivity contribution >= 4 is 35.1 Å². The van der Waals surface area contributed by atoms with Crippen molar-refractivity contribution in [1.82, 2.24) is 14.5 Å². The summed E-state index contributed by atoms with van der Waals surface area (Å²) < 4.78 is 14.9. The van der Waals surface area contributed by atoms with Crippen LogP contribution in [0.1, 0.15) is 10.5 Å². The number of anilines is 1. The van der Waals surface area contributed by atoms with Crippen LogP contribution in [0.2, 0.25) is 0 Å². The summed E-state index contributed by atoms with van der Waals surface area (Å²) in [7, 11) is 0. The predicted molar refractivity (Wildman–Crippen MR) is 99.3 cm³/mol. The van der Waals surface area contributed by atoms with Crippen molar-refractivity contribution < 1.29 is 9.18 Å². The van der Waals surface area contributed by atoms with Crippen LogP contribution in [0, 0.1) is 5.82 Å². The number of thioether (sulfide) groups is 2. The lowest BCUT2D eigenvalue weighted by Gasteiger charge is -2.11. The summed E-state index contributed by atoms with van der Waals surface area (Å²) in [6.07, 6.45) is 6.92. The van der Waals surface area contributed by atoms with Crippen LogP contribution in [0.4, 0.5) is 10.1 Å². The number of aromatic nitrogens is 3. The first-order chi connectivity index (χ1) is 12.1. The number of imidazole rings is 1. The molecule has 8 heteroatoms. The standard InChI is InChI=1S/C17H15FN4OS2/c1-24-15-8-5-12(9-19-15)21-16(23)14-10-20-17(25-2)22(14)13-6-3-11(18)4-7-13/h3-10H,1-2H3,(H,21,23). The molecule has 5 nitrogen and oxygen atoms in total. The van der Waals surface area contributed by atoms with Gasteiger partial charge in [0, 0.05) is 5.69 Å². The summed E-state index contributed by atoms with van der Waals surface area (Å²) in [6.45, 7) is 0. The van der Waals surface area contributed by atoms with E-state index in [1.807, 2.05) is 18.6 Å². The first kappa shape index (κ1) is 17.5. The molecule has 0 aliphatic rings. The topological polar surface area (TPSA) is 59.8 Å². The van der Waals surface area contributed by atoms with Crippen LogP contribution in [0.5, 0.6) is 0 Å². The van der Waals surface area contributed by atoms with Crippen LogP contribution in [-0.4, -0.2) is 33.0 Å². The Labute approximate surface area is 153 Å². The van der Waals surface area contributed by atoms with Crippen molar-refractivity contribution in [3.8, 4) is 5.69 Å². The second kappa shape index (κ2) is 7.71. The van der Waals surface area contributed by atoms with Crippen molar-refractivity contribution in [3.05, 3.63) is 60.3 Å². The molecule has 0 aliphatic carbocycles. The van der Waals surface area contributed by atoms with Crippen molar-refractivity contribution in [1.29, 1.82) is 0 Å². The second-order valence-electron chi connectivity index (χ2n) is 4.99. The van der Waals surface area contributed by atoms with E-state index in [-0.39, 0.29) is 11.7 Å². The minimum absolute atomic E-state index is 0.309. The highest BCUT2D eigenvalue weighted by molar-refractivity contribution is 7.98. The van der Waals surface area contributed by atoms with Crippen LogP contribution in [-0.2, 0) is 0 Å². The molecule has 1 aromatic carbocycles. The SMILES string of the molecule is CSc1ccc(NC(=O)c2cnc(SC)n2-c2ccc(F)cc2)cn1. The third-order valence-electron chi connectivity index (χ3n) is 3.43. The molecule has 128 valence electrons. The average molecular weight is 374 g/mol. The lowest BCUT2D eigenvalue weighted by atomic mass is 10.3. The number of carbonyl (C=O) groups is 1. The van der Waals surface area contributed by atoms with Gasteiger partial charge in [0.2, 0.25) is 0 Å². The molecule has 2 heterocycles. The van der Waals surface area contributed by atoms with Gasteiger partial charge in [-0.3, -0.25) is 9.36 Å². The van der Waals surface area contributed by atoms with Crippen LogP contribution in [0.25, 0.3) is 5.69 Å². The van der Waals surface area contributed by atoms with Crippen molar-refractivity contribution in [2.24, 2.45) is 0 Å². The minimum Gasteiger partial charge on any atom is -0.319 e. The molecular formula is C17H15FN4OS2. The fourth-order valence-corrected chi connectivity index (χ4v) is 3.16. The van der Waals surface area contributed by atoms with E-state index in [9.17, 15) is 9.18 Å². The highest BCUT2D eigenvalue weighted by atomic mass is 32.2. The number of rotatable bonds is 5. The van der Waals surface area contributed by atoms with Gasteiger partial charge in [0.1, 0.15) is 11.5 Å². The van der Waals surface area contributed by atoms with Gasteiger partial charge in [-0.05, 0) is 48.9 Å². The summed E-state index contributed by atoms with van der Waals surface area (Å²) in [5.74, 6) is -0.642. The summed E-state index contributed by atoms with van der Waals surface area (Å²) in [5, 5.41) is 4.33.